The Morgan fingerprint density at radius 3 is 2.58 bits per heavy atom. The summed E-state index contributed by atoms with van der Waals surface area (Å²) in [6.45, 7) is 6.42. The predicted octanol–water partition coefficient (Wildman–Crippen LogP) is 0.906. The van der Waals surface area contributed by atoms with Crippen molar-refractivity contribution in [3.05, 3.63) is 0 Å². The van der Waals surface area contributed by atoms with E-state index in [0.717, 1.165) is 58.8 Å². The largest absolute Gasteiger partial charge is 0.379 e. The van der Waals surface area contributed by atoms with Crippen molar-refractivity contribution in [2.24, 2.45) is 0 Å². The third-order valence-electron chi connectivity index (χ3n) is 5.76. The van der Waals surface area contributed by atoms with Crippen LogP contribution < -0.4 is 10.6 Å². The third-order valence-corrected chi connectivity index (χ3v) is 5.76. The maximum Gasteiger partial charge on any atom is 0.234 e. The summed E-state index contributed by atoms with van der Waals surface area (Å²) in [6.07, 6.45) is 8.77. The van der Waals surface area contributed by atoms with Gasteiger partial charge in [-0.1, -0.05) is 19.3 Å². The Morgan fingerprint density at radius 1 is 1.08 bits per heavy atom. The van der Waals surface area contributed by atoms with Gasteiger partial charge in [0, 0.05) is 38.3 Å². The molecule has 1 amide bonds. The van der Waals surface area contributed by atoms with Crippen LogP contribution in [0.2, 0.25) is 0 Å². The second-order valence-corrected chi connectivity index (χ2v) is 7.43. The first-order valence-electron chi connectivity index (χ1n) is 9.70. The van der Waals surface area contributed by atoms with E-state index in [0.29, 0.717) is 6.54 Å². The van der Waals surface area contributed by atoms with Gasteiger partial charge in [0.25, 0.3) is 0 Å². The average molecular weight is 339 g/mol. The zero-order chi connectivity index (χ0) is 16.7. The minimum absolute atomic E-state index is 0.103. The van der Waals surface area contributed by atoms with Crippen LogP contribution in [-0.4, -0.2) is 75.0 Å². The van der Waals surface area contributed by atoms with Gasteiger partial charge in [-0.15, -0.1) is 0 Å². The van der Waals surface area contributed by atoms with Gasteiger partial charge in [-0.3, -0.25) is 9.69 Å². The van der Waals surface area contributed by atoms with Crippen molar-refractivity contribution >= 4 is 5.91 Å². The first kappa shape index (κ1) is 18.1. The molecule has 0 aromatic rings. The summed E-state index contributed by atoms with van der Waals surface area (Å²) in [6, 6.07) is 0. The quantitative estimate of drug-likeness (QED) is 0.722. The number of morpholine rings is 1. The van der Waals surface area contributed by atoms with Crippen molar-refractivity contribution in [3.8, 4) is 0 Å². The second kappa shape index (κ2) is 9.13. The van der Waals surface area contributed by atoms with Crippen molar-refractivity contribution < 1.29 is 14.3 Å². The minimum atomic E-state index is 0.103. The normalized spacial score (nSPS) is 27.9. The smallest absolute Gasteiger partial charge is 0.234 e. The number of carbonyl (C=O) groups is 1. The van der Waals surface area contributed by atoms with Crippen molar-refractivity contribution in [2.75, 3.05) is 52.5 Å². The molecular weight excluding hydrogens is 306 g/mol. The van der Waals surface area contributed by atoms with Crippen LogP contribution in [0.15, 0.2) is 0 Å². The van der Waals surface area contributed by atoms with Gasteiger partial charge in [-0.2, -0.15) is 0 Å². The van der Waals surface area contributed by atoms with Gasteiger partial charge >= 0.3 is 0 Å². The van der Waals surface area contributed by atoms with E-state index >= 15 is 0 Å². The highest BCUT2D eigenvalue weighted by Gasteiger charge is 2.38. The lowest BCUT2D eigenvalue weighted by atomic mass is 9.79. The van der Waals surface area contributed by atoms with E-state index in [2.05, 4.69) is 15.5 Å². The van der Waals surface area contributed by atoms with Gasteiger partial charge in [0.1, 0.15) is 0 Å². The Kier molecular flexibility index (Phi) is 6.89. The molecule has 2 aliphatic heterocycles. The second-order valence-electron chi connectivity index (χ2n) is 7.43. The zero-order valence-electron chi connectivity index (χ0n) is 14.9. The molecule has 1 unspecified atom stereocenters. The summed E-state index contributed by atoms with van der Waals surface area (Å²) in [7, 11) is 0. The van der Waals surface area contributed by atoms with Crippen molar-refractivity contribution in [2.45, 2.75) is 56.6 Å². The third kappa shape index (κ3) is 4.91. The van der Waals surface area contributed by atoms with Crippen LogP contribution in [0.4, 0.5) is 0 Å². The number of hydrogen-bond donors (Lipinski definition) is 2. The van der Waals surface area contributed by atoms with Crippen LogP contribution in [-0.2, 0) is 14.3 Å². The summed E-state index contributed by atoms with van der Waals surface area (Å²) >= 11 is 0. The number of rotatable bonds is 7. The number of nitrogens with one attached hydrogen (secondary N) is 2. The standard InChI is InChI=1S/C18H33N3O3/c22-17(14-19-13-16-5-4-10-24-16)20-15-18(6-2-1-3-7-18)21-8-11-23-12-9-21/h16,19H,1-15H2,(H,20,22). The summed E-state index contributed by atoms with van der Waals surface area (Å²) in [4.78, 5) is 14.8. The molecule has 0 bridgehead atoms. The zero-order valence-corrected chi connectivity index (χ0v) is 14.9. The summed E-state index contributed by atoms with van der Waals surface area (Å²) in [5.74, 6) is 0.103. The molecule has 6 heteroatoms. The van der Waals surface area contributed by atoms with Crippen molar-refractivity contribution in [1.29, 1.82) is 0 Å². The van der Waals surface area contributed by atoms with E-state index in [1.165, 1.54) is 32.1 Å². The van der Waals surface area contributed by atoms with Crippen LogP contribution in [0.25, 0.3) is 0 Å². The van der Waals surface area contributed by atoms with E-state index in [1.54, 1.807) is 0 Å². The number of nitrogens with zero attached hydrogens (tertiary/aromatic N) is 1. The molecule has 2 saturated heterocycles. The molecule has 0 aromatic heterocycles. The number of amides is 1. The monoisotopic (exact) mass is 339 g/mol. The van der Waals surface area contributed by atoms with E-state index in [1.807, 2.05) is 0 Å². The maximum absolute atomic E-state index is 12.2. The Hall–Kier alpha value is -0.690. The van der Waals surface area contributed by atoms with E-state index in [-0.39, 0.29) is 17.6 Å². The summed E-state index contributed by atoms with van der Waals surface area (Å²) < 4.78 is 11.1. The Morgan fingerprint density at radius 2 is 1.88 bits per heavy atom. The average Bonchev–Trinajstić information content (AvgIpc) is 3.15. The topological polar surface area (TPSA) is 62.8 Å². The fourth-order valence-electron chi connectivity index (χ4n) is 4.33. The van der Waals surface area contributed by atoms with Crippen molar-refractivity contribution in [1.82, 2.24) is 15.5 Å². The molecule has 2 N–H and O–H groups in total. The first-order chi connectivity index (χ1) is 11.8. The molecule has 1 atom stereocenters. The highest BCUT2D eigenvalue weighted by molar-refractivity contribution is 5.78. The molecule has 0 aromatic carbocycles. The summed E-state index contributed by atoms with van der Waals surface area (Å²) in [5.41, 5.74) is 0.145. The maximum atomic E-state index is 12.2. The fraction of sp³-hybridized carbons (Fsp3) is 0.944. The van der Waals surface area contributed by atoms with Gasteiger partial charge in [-0.05, 0) is 25.7 Å². The minimum Gasteiger partial charge on any atom is -0.379 e. The molecule has 2 heterocycles. The van der Waals surface area contributed by atoms with E-state index < -0.39 is 0 Å². The molecular formula is C18H33N3O3. The van der Waals surface area contributed by atoms with Crippen LogP contribution in [0.3, 0.4) is 0 Å². The molecule has 1 aliphatic carbocycles. The van der Waals surface area contributed by atoms with Crippen LogP contribution in [0, 0.1) is 0 Å². The summed E-state index contributed by atoms with van der Waals surface area (Å²) in [5, 5.41) is 6.43. The molecule has 1 saturated carbocycles. The van der Waals surface area contributed by atoms with Crippen LogP contribution in [0.5, 0.6) is 0 Å². The SMILES string of the molecule is O=C(CNCC1CCCO1)NCC1(N2CCOCC2)CCCCC1. The van der Waals surface area contributed by atoms with E-state index in [9.17, 15) is 4.79 Å². The highest BCUT2D eigenvalue weighted by atomic mass is 16.5. The van der Waals surface area contributed by atoms with Gasteiger partial charge in [0.2, 0.25) is 5.91 Å². The molecule has 24 heavy (non-hydrogen) atoms. The van der Waals surface area contributed by atoms with Gasteiger partial charge in [0.15, 0.2) is 0 Å². The first-order valence-corrected chi connectivity index (χ1v) is 9.70. The number of hydrogen-bond acceptors (Lipinski definition) is 5. The van der Waals surface area contributed by atoms with Crippen LogP contribution >= 0.6 is 0 Å². The molecule has 6 nitrogen and oxygen atoms in total. The van der Waals surface area contributed by atoms with Gasteiger partial charge in [-0.25, -0.2) is 0 Å². The lowest BCUT2D eigenvalue weighted by Crippen LogP contribution is -2.60. The molecule has 0 spiro atoms. The molecule has 3 rings (SSSR count). The molecule has 0 radical (unpaired) electrons. The van der Waals surface area contributed by atoms with E-state index in [4.69, 9.17) is 9.47 Å². The lowest BCUT2D eigenvalue weighted by molar-refractivity contribution is -0.121. The van der Waals surface area contributed by atoms with Gasteiger partial charge in [0.05, 0.1) is 25.9 Å². The van der Waals surface area contributed by atoms with Crippen LogP contribution in [0.1, 0.15) is 44.9 Å². The number of ether oxygens (including phenoxy) is 2. The Balaban J connectivity index is 1.43. The van der Waals surface area contributed by atoms with Crippen molar-refractivity contribution in [3.63, 3.8) is 0 Å². The van der Waals surface area contributed by atoms with Gasteiger partial charge < -0.3 is 20.1 Å². The Bertz CT molecular complexity index is 387. The lowest BCUT2D eigenvalue weighted by Gasteiger charge is -2.48. The molecule has 3 fully saturated rings. The number of carbonyl (C=O) groups excluding carboxylic acids is 1. The molecule has 138 valence electrons. The Labute approximate surface area is 145 Å². The highest BCUT2D eigenvalue weighted by Crippen LogP contribution is 2.33. The predicted molar refractivity (Wildman–Crippen MR) is 93.1 cm³/mol. The molecule has 3 aliphatic rings. The fourth-order valence-corrected chi connectivity index (χ4v) is 4.33.